The molecule has 0 aliphatic carbocycles. The van der Waals surface area contributed by atoms with Crippen molar-refractivity contribution in [2.75, 3.05) is 9.80 Å². The molecule has 1 N–H and O–H groups in total. The van der Waals surface area contributed by atoms with Gasteiger partial charge in [0.2, 0.25) is 0 Å². The summed E-state index contributed by atoms with van der Waals surface area (Å²) >= 11 is 18.3. The van der Waals surface area contributed by atoms with Crippen molar-refractivity contribution in [3.05, 3.63) is 93.4 Å². The molecule has 29 heavy (non-hydrogen) atoms. The maximum atomic E-state index is 13.6. The number of urea groups is 1. The minimum Gasteiger partial charge on any atom is -0.370 e. The molecular formula is C22H17Cl3N2O2. The second kappa shape index (κ2) is 7.54. The van der Waals surface area contributed by atoms with Gasteiger partial charge >= 0.3 is 6.03 Å². The Morgan fingerprint density at radius 1 is 0.828 bits per heavy atom. The van der Waals surface area contributed by atoms with E-state index in [0.717, 1.165) is 0 Å². The molecule has 0 saturated carbocycles. The fourth-order valence-electron chi connectivity index (χ4n) is 3.68. The summed E-state index contributed by atoms with van der Waals surface area (Å²) in [6, 6.07) is 20.5. The molecule has 4 nitrogen and oxygen atoms in total. The van der Waals surface area contributed by atoms with E-state index in [1.807, 2.05) is 13.0 Å². The zero-order chi connectivity index (χ0) is 20.8. The average molecular weight is 448 g/mol. The Morgan fingerprint density at radius 2 is 1.38 bits per heavy atom. The van der Waals surface area contributed by atoms with Crippen LogP contribution >= 0.6 is 34.8 Å². The number of hydrogen-bond acceptors (Lipinski definition) is 2. The number of halogens is 3. The SMILES string of the molecule is C[C@@]1(c2cccc(Cl)c2)C(O)N(c2ccc(Cl)cc2)C(=O)N1c1ccc(Cl)cc1. The van der Waals surface area contributed by atoms with Gasteiger partial charge in [0.15, 0.2) is 6.23 Å². The van der Waals surface area contributed by atoms with Crippen LogP contribution in [0.1, 0.15) is 12.5 Å². The fourth-order valence-corrected chi connectivity index (χ4v) is 4.12. The van der Waals surface area contributed by atoms with Crippen molar-refractivity contribution >= 4 is 52.2 Å². The number of amides is 2. The molecule has 1 saturated heterocycles. The van der Waals surface area contributed by atoms with Crippen LogP contribution in [0.25, 0.3) is 0 Å². The van der Waals surface area contributed by atoms with E-state index < -0.39 is 11.8 Å². The molecule has 1 fully saturated rings. The molecule has 2 amide bonds. The van der Waals surface area contributed by atoms with E-state index in [1.165, 1.54) is 4.90 Å². The van der Waals surface area contributed by atoms with E-state index in [9.17, 15) is 9.90 Å². The van der Waals surface area contributed by atoms with Gasteiger partial charge in [-0.1, -0.05) is 46.9 Å². The molecule has 148 valence electrons. The number of hydrogen-bond donors (Lipinski definition) is 1. The van der Waals surface area contributed by atoms with Gasteiger partial charge in [-0.05, 0) is 73.2 Å². The third kappa shape index (κ3) is 3.36. The highest BCUT2D eigenvalue weighted by molar-refractivity contribution is 6.31. The number of anilines is 2. The van der Waals surface area contributed by atoms with E-state index in [4.69, 9.17) is 34.8 Å². The Kier molecular flexibility index (Phi) is 5.21. The highest BCUT2D eigenvalue weighted by Gasteiger charge is 2.56. The van der Waals surface area contributed by atoms with Crippen LogP contribution in [-0.4, -0.2) is 17.4 Å². The lowest BCUT2D eigenvalue weighted by molar-refractivity contribution is 0.119. The van der Waals surface area contributed by atoms with Crippen molar-refractivity contribution in [2.24, 2.45) is 0 Å². The Morgan fingerprint density at radius 3 is 1.93 bits per heavy atom. The van der Waals surface area contributed by atoms with Gasteiger partial charge in [0.25, 0.3) is 0 Å². The van der Waals surface area contributed by atoms with Crippen molar-refractivity contribution in [3.8, 4) is 0 Å². The molecule has 1 unspecified atom stereocenters. The monoisotopic (exact) mass is 446 g/mol. The van der Waals surface area contributed by atoms with Gasteiger partial charge < -0.3 is 5.11 Å². The number of rotatable bonds is 3. The standard InChI is InChI=1S/C22H17Cl3N2O2/c1-22(14-3-2-4-17(25)13-14)20(28)26(18-9-5-15(23)6-10-18)21(29)27(22)19-11-7-16(24)8-12-19/h2-13,20,28H,1H3/t20?,22-/m1/s1. The van der Waals surface area contributed by atoms with Gasteiger partial charge in [0, 0.05) is 26.4 Å². The van der Waals surface area contributed by atoms with E-state index in [2.05, 4.69) is 0 Å². The lowest BCUT2D eigenvalue weighted by atomic mass is 9.89. The summed E-state index contributed by atoms with van der Waals surface area (Å²) in [5.41, 5.74) is 0.751. The number of carbonyl (C=O) groups excluding carboxylic acids is 1. The maximum Gasteiger partial charge on any atom is 0.332 e. The van der Waals surface area contributed by atoms with Crippen molar-refractivity contribution in [1.82, 2.24) is 0 Å². The molecule has 3 aromatic carbocycles. The molecule has 0 radical (unpaired) electrons. The topological polar surface area (TPSA) is 43.8 Å². The van der Waals surface area contributed by atoms with E-state index in [1.54, 1.807) is 71.6 Å². The van der Waals surface area contributed by atoms with Gasteiger partial charge in [-0.15, -0.1) is 0 Å². The zero-order valence-corrected chi connectivity index (χ0v) is 17.7. The number of carbonyl (C=O) groups is 1. The smallest absolute Gasteiger partial charge is 0.332 e. The first-order valence-electron chi connectivity index (χ1n) is 8.91. The van der Waals surface area contributed by atoms with E-state index in [0.29, 0.717) is 32.0 Å². The van der Waals surface area contributed by atoms with Crippen LogP contribution in [0.5, 0.6) is 0 Å². The van der Waals surface area contributed by atoms with E-state index >= 15 is 0 Å². The lowest BCUT2D eigenvalue weighted by Gasteiger charge is -2.36. The largest absolute Gasteiger partial charge is 0.370 e. The molecule has 0 spiro atoms. The summed E-state index contributed by atoms with van der Waals surface area (Å²) in [7, 11) is 0. The van der Waals surface area contributed by atoms with Gasteiger partial charge in [-0.3, -0.25) is 9.80 Å². The average Bonchev–Trinajstić information content (AvgIpc) is 2.90. The molecule has 4 rings (SSSR count). The molecule has 7 heteroatoms. The van der Waals surface area contributed by atoms with Crippen molar-refractivity contribution in [2.45, 2.75) is 18.7 Å². The van der Waals surface area contributed by atoms with Crippen molar-refractivity contribution < 1.29 is 9.90 Å². The predicted molar refractivity (Wildman–Crippen MR) is 118 cm³/mol. The zero-order valence-electron chi connectivity index (χ0n) is 15.4. The Labute approximate surface area is 183 Å². The Bertz CT molecular complexity index is 1060. The van der Waals surface area contributed by atoms with Crippen LogP contribution in [0.2, 0.25) is 15.1 Å². The fraction of sp³-hybridized carbons (Fsp3) is 0.136. The van der Waals surface area contributed by atoms with Crippen LogP contribution in [0, 0.1) is 0 Å². The van der Waals surface area contributed by atoms with Gasteiger partial charge in [-0.2, -0.15) is 0 Å². The van der Waals surface area contributed by atoms with Crippen LogP contribution < -0.4 is 9.80 Å². The van der Waals surface area contributed by atoms with Gasteiger partial charge in [0.1, 0.15) is 5.54 Å². The molecule has 1 heterocycles. The van der Waals surface area contributed by atoms with Gasteiger partial charge in [0.05, 0.1) is 0 Å². The summed E-state index contributed by atoms with van der Waals surface area (Å²) < 4.78 is 0. The third-order valence-corrected chi connectivity index (χ3v) is 5.95. The second-order valence-corrected chi connectivity index (χ2v) is 8.28. The molecule has 1 aliphatic rings. The third-order valence-electron chi connectivity index (χ3n) is 5.21. The highest BCUT2D eigenvalue weighted by Crippen LogP contribution is 2.45. The first kappa shape index (κ1) is 20.0. The normalized spacial score (nSPS) is 21.7. The molecular weight excluding hydrogens is 431 g/mol. The quantitative estimate of drug-likeness (QED) is 0.510. The lowest BCUT2D eigenvalue weighted by Crippen LogP contribution is -2.47. The Balaban J connectivity index is 1.90. The summed E-state index contributed by atoms with van der Waals surface area (Å²) in [5.74, 6) is 0. The molecule has 0 bridgehead atoms. The summed E-state index contributed by atoms with van der Waals surface area (Å²) in [4.78, 5) is 16.5. The van der Waals surface area contributed by atoms with Gasteiger partial charge in [-0.25, -0.2) is 4.79 Å². The number of aliphatic hydroxyl groups is 1. The van der Waals surface area contributed by atoms with Crippen molar-refractivity contribution in [1.29, 1.82) is 0 Å². The summed E-state index contributed by atoms with van der Waals surface area (Å²) in [6.07, 6.45) is -1.18. The minimum atomic E-state index is -1.18. The summed E-state index contributed by atoms with van der Waals surface area (Å²) in [6.45, 7) is 1.81. The minimum absolute atomic E-state index is 0.371. The Hall–Kier alpha value is -2.24. The number of aliphatic hydroxyl groups excluding tert-OH is 1. The van der Waals surface area contributed by atoms with Crippen LogP contribution in [0.4, 0.5) is 16.2 Å². The number of nitrogens with zero attached hydrogens (tertiary/aromatic N) is 2. The van der Waals surface area contributed by atoms with E-state index in [-0.39, 0.29) is 6.03 Å². The molecule has 2 atom stereocenters. The highest BCUT2D eigenvalue weighted by atomic mass is 35.5. The second-order valence-electron chi connectivity index (χ2n) is 6.97. The van der Waals surface area contributed by atoms with Crippen LogP contribution in [-0.2, 0) is 5.54 Å². The van der Waals surface area contributed by atoms with Crippen LogP contribution in [0.15, 0.2) is 72.8 Å². The first-order chi connectivity index (χ1) is 13.8. The molecule has 1 aliphatic heterocycles. The maximum absolute atomic E-state index is 13.6. The van der Waals surface area contributed by atoms with Crippen LogP contribution in [0.3, 0.4) is 0 Å². The first-order valence-corrected chi connectivity index (χ1v) is 10.0. The number of benzene rings is 3. The summed E-state index contributed by atoms with van der Waals surface area (Å²) in [5, 5.41) is 13.0. The van der Waals surface area contributed by atoms with Crippen molar-refractivity contribution in [3.63, 3.8) is 0 Å². The predicted octanol–water partition coefficient (Wildman–Crippen LogP) is 6.33. The molecule has 3 aromatic rings. The molecule has 0 aromatic heterocycles.